The topological polar surface area (TPSA) is 0 Å². The van der Waals surface area contributed by atoms with Gasteiger partial charge in [-0.1, -0.05) is 98.4 Å². The van der Waals surface area contributed by atoms with Crippen molar-refractivity contribution in [1.82, 2.24) is 0 Å². The standard InChI is InChI=1S/C25H22P.2ClH.H2S/c1-5-13-22(14-6-1)21-26(23-15-7-2-8-16-23,24-17-9-3-10-18-24)25-19-11-4-12-20-25;;;/h1-20H,21H2;2*1H;1H2/q+1;;;/p-1. The molecule has 29 heavy (non-hydrogen) atoms. The Labute approximate surface area is 194 Å². The molecule has 0 aliphatic heterocycles. The van der Waals surface area contributed by atoms with Crippen LogP contribution >= 0.6 is 7.26 Å². The van der Waals surface area contributed by atoms with Crippen LogP contribution in [0.25, 0.3) is 0 Å². The van der Waals surface area contributed by atoms with Crippen LogP contribution in [0, 0.1) is 0 Å². The fourth-order valence-corrected chi connectivity index (χ4v) is 7.87. The van der Waals surface area contributed by atoms with Crippen molar-refractivity contribution in [2.24, 2.45) is 0 Å². The van der Waals surface area contributed by atoms with Gasteiger partial charge in [0.2, 0.25) is 0 Å². The van der Waals surface area contributed by atoms with Gasteiger partial charge in [0.05, 0.1) is 6.16 Å². The Balaban J connectivity index is 0.00000140. The maximum atomic E-state index is 2.30. The first-order valence-electron chi connectivity index (χ1n) is 8.98. The molecule has 0 N–H and O–H groups in total. The second-order valence-corrected chi connectivity index (χ2v) is 9.95. The fourth-order valence-electron chi connectivity index (χ4n) is 3.63. The van der Waals surface area contributed by atoms with Crippen molar-refractivity contribution in [1.29, 1.82) is 0 Å². The van der Waals surface area contributed by atoms with Gasteiger partial charge in [0.1, 0.15) is 23.2 Å². The van der Waals surface area contributed by atoms with E-state index < -0.39 is 7.26 Å². The lowest BCUT2D eigenvalue weighted by atomic mass is 10.2. The van der Waals surface area contributed by atoms with Crippen LogP contribution in [0.15, 0.2) is 121 Å². The predicted octanol–water partition coefficient (Wildman–Crippen LogP) is -1.62. The normalized spacial score (nSPS) is 10.1. The minimum atomic E-state index is -1.78. The Hall–Kier alpha value is -1.76. The Morgan fingerprint density at radius 3 is 1.00 bits per heavy atom. The van der Waals surface area contributed by atoms with E-state index in [0.29, 0.717) is 0 Å². The zero-order valence-electron chi connectivity index (χ0n) is 16.0. The molecule has 0 atom stereocenters. The summed E-state index contributed by atoms with van der Waals surface area (Å²) in [6.45, 7) is 0. The molecule has 0 bridgehead atoms. The van der Waals surface area contributed by atoms with E-state index in [1.165, 1.54) is 21.5 Å². The summed E-state index contributed by atoms with van der Waals surface area (Å²) in [5.74, 6) is 0. The van der Waals surface area contributed by atoms with Gasteiger partial charge in [0, 0.05) is 0 Å². The van der Waals surface area contributed by atoms with E-state index >= 15 is 0 Å². The lowest BCUT2D eigenvalue weighted by Gasteiger charge is -2.27. The zero-order chi connectivity index (χ0) is 17.7. The van der Waals surface area contributed by atoms with E-state index in [0.717, 1.165) is 6.16 Å². The second-order valence-electron chi connectivity index (χ2n) is 6.46. The number of rotatable bonds is 5. The minimum Gasteiger partial charge on any atom is -1.00 e. The summed E-state index contributed by atoms with van der Waals surface area (Å²) in [4.78, 5) is 0. The van der Waals surface area contributed by atoms with E-state index in [-0.39, 0.29) is 38.3 Å². The lowest BCUT2D eigenvalue weighted by molar-refractivity contribution is -0.001000. The lowest BCUT2D eigenvalue weighted by Crippen LogP contribution is -3.00. The van der Waals surface area contributed by atoms with Crippen molar-refractivity contribution >= 4 is 36.7 Å². The molecule has 4 aromatic carbocycles. The van der Waals surface area contributed by atoms with Crippen LogP contribution in [0.4, 0.5) is 0 Å². The molecule has 150 valence electrons. The van der Waals surface area contributed by atoms with Crippen LogP contribution in [0.5, 0.6) is 0 Å². The summed E-state index contributed by atoms with van der Waals surface area (Å²) in [6.07, 6.45) is 1.03. The van der Waals surface area contributed by atoms with Crippen LogP contribution in [0.2, 0.25) is 0 Å². The van der Waals surface area contributed by atoms with Gasteiger partial charge in [-0.05, 0) is 42.0 Å². The molecule has 4 aromatic rings. The van der Waals surface area contributed by atoms with Crippen LogP contribution in [0.1, 0.15) is 5.56 Å². The molecule has 4 heteroatoms. The molecule has 0 aromatic heterocycles. The van der Waals surface area contributed by atoms with Gasteiger partial charge in [-0.2, -0.15) is 0 Å². The van der Waals surface area contributed by atoms with E-state index in [2.05, 4.69) is 121 Å². The highest BCUT2D eigenvalue weighted by atomic mass is 35.5. The van der Waals surface area contributed by atoms with Crippen LogP contribution in [-0.2, 0) is 19.7 Å². The van der Waals surface area contributed by atoms with Crippen LogP contribution in [0.3, 0.4) is 0 Å². The molecule has 0 fully saturated rings. The minimum absolute atomic E-state index is 0. The van der Waals surface area contributed by atoms with Crippen molar-refractivity contribution in [2.45, 2.75) is 6.16 Å². The van der Waals surface area contributed by atoms with E-state index in [9.17, 15) is 0 Å². The molecule has 0 unspecified atom stereocenters. The highest BCUT2D eigenvalue weighted by molar-refractivity contribution is 7.95. The van der Waals surface area contributed by atoms with Gasteiger partial charge < -0.3 is 24.8 Å². The summed E-state index contributed by atoms with van der Waals surface area (Å²) in [5.41, 5.74) is 1.39. The number of benzene rings is 4. The van der Waals surface area contributed by atoms with Crippen LogP contribution < -0.4 is 40.7 Å². The van der Waals surface area contributed by atoms with Gasteiger partial charge >= 0.3 is 0 Å². The van der Waals surface area contributed by atoms with Gasteiger partial charge in [0.15, 0.2) is 0 Å². The maximum absolute atomic E-state index is 2.30. The van der Waals surface area contributed by atoms with Gasteiger partial charge in [-0.15, -0.1) is 0 Å². The summed E-state index contributed by atoms with van der Waals surface area (Å²) in [7, 11) is -1.78. The van der Waals surface area contributed by atoms with Crippen molar-refractivity contribution in [3.05, 3.63) is 127 Å². The van der Waals surface area contributed by atoms with Gasteiger partial charge in [-0.3, -0.25) is 0 Å². The largest absolute Gasteiger partial charge is 1.00 e. The molecular weight excluding hydrogens is 434 g/mol. The SMILES string of the molecule is [Cl-].[Cl-].[SH3+].c1ccc(C[P+](c2ccccc2)(c2ccccc2)c2ccccc2)cc1. The monoisotopic (exact) mass is 458 g/mol. The summed E-state index contributed by atoms with van der Waals surface area (Å²) < 4.78 is 0. The Morgan fingerprint density at radius 2 is 0.690 bits per heavy atom. The van der Waals surface area contributed by atoms with Crippen molar-refractivity contribution < 1.29 is 24.8 Å². The summed E-state index contributed by atoms with van der Waals surface area (Å²) >= 11 is 0. The molecule has 0 aliphatic rings. The number of halogens is 2. The van der Waals surface area contributed by atoms with Crippen molar-refractivity contribution in [3.63, 3.8) is 0 Å². The average Bonchev–Trinajstić information content (AvgIpc) is 2.75. The Morgan fingerprint density at radius 1 is 0.414 bits per heavy atom. The third-order valence-electron chi connectivity index (χ3n) is 4.85. The van der Waals surface area contributed by atoms with Gasteiger partial charge in [0.25, 0.3) is 0 Å². The van der Waals surface area contributed by atoms with Crippen molar-refractivity contribution in [2.75, 3.05) is 0 Å². The summed E-state index contributed by atoms with van der Waals surface area (Å²) in [5, 5.41) is 4.30. The molecule has 0 aliphatic carbocycles. The fraction of sp³-hybridized carbons (Fsp3) is 0.0400. The Bertz CT molecular complexity index is 852. The van der Waals surface area contributed by atoms with E-state index in [4.69, 9.17) is 0 Å². The maximum Gasteiger partial charge on any atom is 0.116 e. The first-order chi connectivity index (χ1) is 12.9. The molecule has 0 amide bonds. The Kier molecular flexibility index (Phi) is 10.5. The first kappa shape index (κ1) is 25.3. The highest BCUT2D eigenvalue weighted by Gasteiger charge is 2.45. The average molecular weight is 459 g/mol. The molecule has 0 saturated heterocycles. The number of hydrogen-bond acceptors (Lipinski definition) is 0. The quantitative estimate of drug-likeness (QED) is 0.249. The van der Waals surface area contributed by atoms with Crippen molar-refractivity contribution in [3.8, 4) is 0 Å². The molecular formula is C25H25Cl2PS. The predicted molar refractivity (Wildman–Crippen MR) is 127 cm³/mol. The molecule has 4 rings (SSSR count). The summed E-state index contributed by atoms with van der Waals surface area (Å²) in [6, 6.07) is 44.0. The second kappa shape index (κ2) is 12.1. The molecule has 0 saturated carbocycles. The van der Waals surface area contributed by atoms with Gasteiger partial charge in [-0.25, -0.2) is 0 Å². The molecule has 0 nitrogen and oxygen atoms in total. The zero-order valence-corrected chi connectivity index (χ0v) is 19.6. The van der Waals surface area contributed by atoms with E-state index in [1.807, 2.05) is 0 Å². The third-order valence-corrected chi connectivity index (χ3v) is 9.23. The number of hydrogen-bond donors (Lipinski definition) is 0. The smallest absolute Gasteiger partial charge is 0.116 e. The van der Waals surface area contributed by atoms with E-state index in [1.54, 1.807) is 0 Å². The molecule has 0 radical (unpaired) electrons. The first-order valence-corrected chi connectivity index (χ1v) is 11.0. The molecule has 0 heterocycles. The third kappa shape index (κ3) is 5.44. The highest BCUT2D eigenvalue weighted by Crippen LogP contribution is 2.58. The molecule has 0 spiro atoms. The van der Waals surface area contributed by atoms with Crippen LogP contribution in [-0.4, -0.2) is 0 Å².